The predicted molar refractivity (Wildman–Crippen MR) is 113 cm³/mol. The second kappa shape index (κ2) is 8.57. The molecule has 28 heavy (non-hydrogen) atoms. The highest BCUT2D eigenvalue weighted by Crippen LogP contribution is 2.19. The number of nitrogens with zero attached hydrogens (tertiary/aromatic N) is 3. The van der Waals surface area contributed by atoms with E-state index in [0.717, 1.165) is 37.6 Å². The summed E-state index contributed by atoms with van der Waals surface area (Å²) < 4.78 is 0. The van der Waals surface area contributed by atoms with Gasteiger partial charge in [-0.05, 0) is 29.8 Å². The number of aromatic nitrogens is 1. The van der Waals surface area contributed by atoms with Gasteiger partial charge < -0.3 is 15.1 Å². The van der Waals surface area contributed by atoms with Gasteiger partial charge in [-0.3, -0.25) is 4.79 Å². The Morgan fingerprint density at radius 3 is 2.11 bits per heavy atom. The molecular weight excluding hydrogens is 348 g/mol. The van der Waals surface area contributed by atoms with Crippen LogP contribution >= 0.6 is 0 Å². The van der Waals surface area contributed by atoms with Gasteiger partial charge in [0.25, 0.3) is 5.91 Å². The molecule has 0 bridgehead atoms. The largest absolute Gasteiger partial charge is 0.368 e. The van der Waals surface area contributed by atoms with Crippen LogP contribution in [0.25, 0.3) is 0 Å². The molecule has 5 heteroatoms. The van der Waals surface area contributed by atoms with Crippen LogP contribution in [0.4, 0.5) is 11.5 Å². The molecule has 0 saturated carbocycles. The quantitative estimate of drug-likeness (QED) is 0.746. The molecule has 4 rings (SSSR count). The molecule has 1 saturated heterocycles. The zero-order valence-electron chi connectivity index (χ0n) is 15.8. The van der Waals surface area contributed by atoms with Gasteiger partial charge in [0.1, 0.15) is 5.82 Å². The van der Waals surface area contributed by atoms with E-state index in [1.165, 1.54) is 5.69 Å². The van der Waals surface area contributed by atoms with Crippen molar-refractivity contribution in [2.75, 3.05) is 36.0 Å². The fourth-order valence-corrected chi connectivity index (χ4v) is 3.42. The Morgan fingerprint density at radius 2 is 1.46 bits per heavy atom. The normalized spacial score (nSPS) is 14.0. The maximum absolute atomic E-state index is 12.3. The second-order valence-electron chi connectivity index (χ2n) is 6.88. The summed E-state index contributed by atoms with van der Waals surface area (Å²) in [7, 11) is 0. The van der Waals surface area contributed by atoms with E-state index in [-0.39, 0.29) is 5.91 Å². The molecule has 3 aromatic rings. The third-order valence-corrected chi connectivity index (χ3v) is 5.03. The minimum atomic E-state index is -0.100. The Hall–Kier alpha value is -3.34. The molecule has 2 aromatic carbocycles. The lowest BCUT2D eigenvalue weighted by molar-refractivity contribution is 0.0950. The molecule has 0 atom stereocenters. The average molecular weight is 372 g/mol. The minimum absolute atomic E-state index is 0.100. The number of hydrogen-bond donors (Lipinski definition) is 1. The number of amides is 1. The molecule has 2 heterocycles. The number of pyridine rings is 1. The van der Waals surface area contributed by atoms with Crippen LogP contribution in [0, 0.1) is 0 Å². The van der Waals surface area contributed by atoms with Crippen LogP contribution in [-0.4, -0.2) is 37.1 Å². The number of nitrogens with one attached hydrogen (secondary N) is 1. The number of anilines is 2. The highest BCUT2D eigenvalue weighted by Gasteiger charge is 2.18. The first-order valence-corrected chi connectivity index (χ1v) is 9.63. The summed E-state index contributed by atoms with van der Waals surface area (Å²) in [6, 6.07) is 24.2. The van der Waals surface area contributed by atoms with Gasteiger partial charge in [0, 0.05) is 44.6 Å². The maximum atomic E-state index is 12.3. The van der Waals surface area contributed by atoms with Gasteiger partial charge >= 0.3 is 0 Å². The van der Waals surface area contributed by atoms with Gasteiger partial charge in [0.2, 0.25) is 0 Å². The first-order valence-electron chi connectivity index (χ1n) is 9.63. The van der Waals surface area contributed by atoms with Crippen molar-refractivity contribution in [3.05, 3.63) is 90.1 Å². The van der Waals surface area contributed by atoms with E-state index in [4.69, 9.17) is 0 Å². The molecule has 1 aliphatic heterocycles. The van der Waals surface area contributed by atoms with E-state index in [9.17, 15) is 4.79 Å². The topological polar surface area (TPSA) is 48.5 Å². The van der Waals surface area contributed by atoms with Crippen molar-refractivity contribution < 1.29 is 4.79 Å². The first-order chi connectivity index (χ1) is 13.8. The van der Waals surface area contributed by atoms with Crippen molar-refractivity contribution in [2.45, 2.75) is 6.54 Å². The van der Waals surface area contributed by atoms with Crippen molar-refractivity contribution in [2.24, 2.45) is 0 Å². The molecule has 1 N–H and O–H groups in total. The lowest BCUT2D eigenvalue weighted by Crippen LogP contribution is -2.46. The Labute approximate surface area is 165 Å². The van der Waals surface area contributed by atoms with E-state index in [1.807, 2.05) is 48.5 Å². The fraction of sp³-hybridized carbons (Fsp3) is 0.217. The van der Waals surface area contributed by atoms with E-state index < -0.39 is 0 Å². The van der Waals surface area contributed by atoms with Crippen molar-refractivity contribution in [3.63, 3.8) is 0 Å². The molecule has 1 aromatic heterocycles. The lowest BCUT2D eigenvalue weighted by Gasteiger charge is -2.36. The Morgan fingerprint density at radius 1 is 0.821 bits per heavy atom. The lowest BCUT2D eigenvalue weighted by atomic mass is 10.2. The smallest absolute Gasteiger partial charge is 0.253 e. The summed E-state index contributed by atoms with van der Waals surface area (Å²) in [5.41, 5.74) is 2.93. The van der Waals surface area contributed by atoms with Gasteiger partial charge in [-0.2, -0.15) is 0 Å². The molecule has 1 amide bonds. The number of piperazine rings is 1. The number of para-hydroxylation sites is 1. The summed E-state index contributed by atoms with van der Waals surface area (Å²) in [4.78, 5) is 21.5. The van der Waals surface area contributed by atoms with Gasteiger partial charge in [0.15, 0.2) is 0 Å². The summed E-state index contributed by atoms with van der Waals surface area (Å²) in [6.45, 7) is 4.28. The van der Waals surface area contributed by atoms with E-state index in [1.54, 1.807) is 6.20 Å². The van der Waals surface area contributed by atoms with Crippen LogP contribution < -0.4 is 15.1 Å². The Kier molecular flexibility index (Phi) is 5.52. The SMILES string of the molecule is O=C(NCc1ccccc1)c1ccc(N2CCN(c3ccccc3)CC2)nc1. The predicted octanol–water partition coefficient (Wildman–Crippen LogP) is 3.34. The van der Waals surface area contributed by atoms with Crippen molar-refractivity contribution in [1.82, 2.24) is 10.3 Å². The summed E-state index contributed by atoms with van der Waals surface area (Å²) in [5, 5.41) is 2.94. The number of carbonyl (C=O) groups excluding carboxylic acids is 1. The van der Waals surface area contributed by atoms with E-state index in [0.29, 0.717) is 12.1 Å². The van der Waals surface area contributed by atoms with Crippen LogP contribution in [0.3, 0.4) is 0 Å². The molecule has 0 spiro atoms. The average Bonchev–Trinajstić information content (AvgIpc) is 2.79. The number of rotatable bonds is 5. The molecular formula is C23H24N4O. The number of benzene rings is 2. The summed E-state index contributed by atoms with van der Waals surface area (Å²) in [5.74, 6) is 0.823. The van der Waals surface area contributed by atoms with Crippen LogP contribution in [0.5, 0.6) is 0 Å². The molecule has 142 valence electrons. The monoisotopic (exact) mass is 372 g/mol. The van der Waals surface area contributed by atoms with Crippen molar-refractivity contribution in [1.29, 1.82) is 0 Å². The third kappa shape index (κ3) is 4.31. The minimum Gasteiger partial charge on any atom is -0.368 e. The van der Waals surface area contributed by atoms with E-state index in [2.05, 4.69) is 44.4 Å². The molecule has 0 aliphatic carbocycles. The molecule has 0 unspecified atom stereocenters. The molecule has 5 nitrogen and oxygen atoms in total. The summed E-state index contributed by atoms with van der Waals surface area (Å²) in [6.07, 6.45) is 1.67. The van der Waals surface area contributed by atoms with Crippen LogP contribution in [-0.2, 0) is 6.54 Å². The molecule has 0 radical (unpaired) electrons. The summed E-state index contributed by atoms with van der Waals surface area (Å²) >= 11 is 0. The van der Waals surface area contributed by atoms with Crippen LogP contribution in [0.1, 0.15) is 15.9 Å². The first kappa shape index (κ1) is 18.0. The van der Waals surface area contributed by atoms with Crippen molar-refractivity contribution in [3.8, 4) is 0 Å². The molecule has 1 aliphatic rings. The Bertz CT molecular complexity index is 889. The zero-order valence-corrected chi connectivity index (χ0v) is 15.8. The van der Waals surface area contributed by atoms with Gasteiger partial charge in [0.05, 0.1) is 5.56 Å². The highest BCUT2D eigenvalue weighted by molar-refractivity contribution is 5.94. The van der Waals surface area contributed by atoms with Crippen LogP contribution in [0.15, 0.2) is 79.0 Å². The maximum Gasteiger partial charge on any atom is 0.253 e. The van der Waals surface area contributed by atoms with Gasteiger partial charge in [-0.25, -0.2) is 4.98 Å². The molecule has 1 fully saturated rings. The third-order valence-electron chi connectivity index (χ3n) is 5.03. The van der Waals surface area contributed by atoms with Gasteiger partial charge in [-0.1, -0.05) is 48.5 Å². The highest BCUT2D eigenvalue weighted by atomic mass is 16.1. The second-order valence-corrected chi connectivity index (χ2v) is 6.88. The standard InChI is InChI=1S/C23H24N4O/c28-23(25-17-19-7-3-1-4-8-19)20-11-12-22(24-18-20)27-15-13-26(14-16-27)21-9-5-2-6-10-21/h1-12,18H,13-17H2,(H,25,28). The zero-order chi connectivity index (χ0) is 19.2. The number of carbonyl (C=O) groups is 1. The van der Waals surface area contributed by atoms with Crippen LogP contribution in [0.2, 0.25) is 0 Å². The fourth-order valence-electron chi connectivity index (χ4n) is 3.42. The Balaban J connectivity index is 1.31. The number of hydrogen-bond acceptors (Lipinski definition) is 4. The van der Waals surface area contributed by atoms with Gasteiger partial charge in [-0.15, -0.1) is 0 Å². The van der Waals surface area contributed by atoms with E-state index >= 15 is 0 Å². The van der Waals surface area contributed by atoms with Crippen molar-refractivity contribution >= 4 is 17.4 Å².